The van der Waals surface area contributed by atoms with Crippen LogP contribution in [0, 0.1) is 0 Å². The predicted molar refractivity (Wildman–Crippen MR) is 96.3 cm³/mol. The van der Waals surface area contributed by atoms with E-state index in [9.17, 15) is 9.90 Å². The molecular formula is C21H22O3. The van der Waals surface area contributed by atoms with Crippen LogP contribution in [-0.2, 0) is 10.2 Å². The molecule has 0 radical (unpaired) electrons. The van der Waals surface area contributed by atoms with Gasteiger partial charge in [-0.05, 0) is 42.3 Å². The van der Waals surface area contributed by atoms with Crippen LogP contribution in [0.15, 0.2) is 72.8 Å². The minimum atomic E-state index is -0.404. The van der Waals surface area contributed by atoms with Crippen LogP contribution in [0.2, 0.25) is 0 Å². The molecule has 2 aromatic rings. The lowest BCUT2D eigenvalue weighted by Gasteiger charge is -2.26. The van der Waals surface area contributed by atoms with Gasteiger partial charge in [-0.2, -0.15) is 0 Å². The molecule has 0 aliphatic carbocycles. The van der Waals surface area contributed by atoms with Crippen LogP contribution >= 0.6 is 0 Å². The van der Waals surface area contributed by atoms with Gasteiger partial charge in [-0.15, -0.1) is 0 Å². The fourth-order valence-electron chi connectivity index (χ4n) is 2.38. The largest absolute Gasteiger partial charge is 0.508 e. The quantitative estimate of drug-likeness (QED) is 0.374. The van der Waals surface area contributed by atoms with Gasteiger partial charge in [0.2, 0.25) is 0 Å². The van der Waals surface area contributed by atoms with Crippen molar-refractivity contribution < 1.29 is 14.6 Å². The first-order valence-electron chi connectivity index (χ1n) is 7.84. The fourth-order valence-corrected chi connectivity index (χ4v) is 2.38. The van der Waals surface area contributed by atoms with Gasteiger partial charge in [-0.1, -0.05) is 56.3 Å². The molecule has 24 heavy (non-hydrogen) atoms. The summed E-state index contributed by atoms with van der Waals surface area (Å²) in [5, 5.41) is 9.43. The maximum atomic E-state index is 11.7. The van der Waals surface area contributed by atoms with E-state index in [4.69, 9.17) is 4.74 Å². The molecule has 3 nitrogen and oxygen atoms in total. The minimum Gasteiger partial charge on any atom is -0.508 e. The second-order valence-electron chi connectivity index (χ2n) is 6.00. The highest BCUT2D eigenvalue weighted by molar-refractivity contribution is 5.84. The molecule has 0 bridgehead atoms. The van der Waals surface area contributed by atoms with Crippen molar-refractivity contribution in [3.8, 4) is 11.5 Å². The van der Waals surface area contributed by atoms with E-state index in [2.05, 4.69) is 13.8 Å². The Morgan fingerprint density at radius 3 is 2.04 bits per heavy atom. The lowest BCUT2D eigenvalue weighted by Crippen LogP contribution is -2.18. The van der Waals surface area contributed by atoms with Crippen molar-refractivity contribution in [3.05, 3.63) is 84.0 Å². The highest BCUT2D eigenvalue weighted by Gasteiger charge is 2.23. The van der Waals surface area contributed by atoms with E-state index < -0.39 is 5.97 Å². The Labute approximate surface area is 142 Å². The first-order valence-corrected chi connectivity index (χ1v) is 7.84. The molecular weight excluding hydrogens is 300 g/mol. The van der Waals surface area contributed by atoms with Crippen LogP contribution in [0.1, 0.15) is 31.9 Å². The SMILES string of the molecule is CC=CC=CC(=O)Oc1ccc(C(C)(C)c2ccc(O)cc2)cc1. The zero-order valence-corrected chi connectivity index (χ0v) is 14.2. The smallest absolute Gasteiger partial charge is 0.336 e. The minimum absolute atomic E-state index is 0.220. The number of hydrogen-bond acceptors (Lipinski definition) is 3. The van der Waals surface area contributed by atoms with Crippen molar-refractivity contribution in [3.63, 3.8) is 0 Å². The van der Waals surface area contributed by atoms with E-state index in [1.165, 1.54) is 6.08 Å². The second kappa shape index (κ2) is 7.64. The summed E-state index contributed by atoms with van der Waals surface area (Å²) in [6.45, 7) is 6.10. The van der Waals surface area contributed by atoms with Gasteiger partial charge < -0.3 is 9.84 Å². The van der Waals surface area contributed by atoms with Gasteiger partial charge in [0, 0.05) is 11.5 Å². The maximum absolute atomic E-state index is 11.7. The van der Waals surface area contributed by atoms with E-state index in [-0.39, 0.29) is 11.2 Å². The summed E-state index contributed by atoms with van der Waals surface area (Å²) in [4.78, 5) is 11.7. The Morgan fingerprint density at radius 2 is 1.50 bits per heavy atom. The molecule has 0 saturated heterocycles. The molecule has 0 atom stereocenters. The molecule has 0 fully saturated rings. The van der Waals surface area contributed by atoms with Crippen LogP contribution in [0.25, 0.3) is 0 Å². The van der Waals surface area contributed by atoms with Gasteiger partial charge in [0.15, 0.2) is 0 Å². The first-order chi connectivity index (χ1) is 11.4. The molecule has 2 rings (SSSR count). The number of rotatable bonds is 5. The second-order valence-corrected chi connectivity index (χ2v) is 6.00. The normalized spacial score (nSPS) is 12.0. The Hall–Kier alpha value is -2.81. The van der Waals surface area contributed by atoms with Gasteiger partial charge in [0.1, 0.15) is 11.5 Å². The van der Waals surface area contributed by atoms with Crippen LogP contribution in [0.3, 0.4) is 0 Å². The Kier molecular flexibility index (Phi) is 5.59. The van der Waals surface area contributed by atoms with E-state index >= 15 is 0 Å². The molecule has 3 heteroatoms. The molecule has 0 amide bonds. The van der Waals surface area contributed by atoms with E-state index in [1.54, 1.807) is 36.4 Å². The van der Waals surface area contributed by atoms with Crippen molar-refractivity contribution in [1.29, 1.82) is 0 Å². The summed E-state index contributed by atoms with van der Waals surface area (Å²) in [5.74, 6) is 0.358. The molecule has 0 heterocycles. The van der Waals surface area contributed by atoms with Crippen molar-refractivity contribution in [2.24, 2.45) is 0 Å². The molecule has 2 aromatic carbocycles. The monoisotopic (exact) mass is 322 g/mol. The van der Waals surface area contributed by atoms with Crippen LogP contribution in [0.4, 0.5) is 0 Å². The number of phenolic OH excluding ortho intramolecular Hbond substituents is 1. The number of carbonyl (C=O) groups is 1. The molecule has 0 aliphatic heterocycles. The van der Waals surface area contributed by atoms with Crippen molar-refractivity contribution >= 4 is 5.97 Å². The molecule has 0 unspecified atom stereocenters. The third kappa shape index (κ3) is 4.35. The van der Waals surface area contributed by atoms with Gasteiger partial charge in [0.25, 0.3) is 0 Å². The van der Waals surface area contributed by atoms with E-state index in [1.807, 2.05) is 37.3 Å². The molecule has 0 saturated carbocycles. The topological polar surface area (TPSA) is 46.5 Å². The number of carbonyl (C=O) groups excluding carboxylic acids is 1. The van der Waals surface area contributed by atoms with Gasteiger partial charge in [0.05, 0.1) is 0 Å². The number of esters is 1. The summed E-state index contributed by atoms with van der Waals surface area (Å²) in [5.41, 5.74) is 1.97. The van der Waals surface area contributed by atoms with Crippen molar-refractivity contribution in [2.75, 3.05) is 0 Å². The maximum Gasteiger partial charge on any atom is 0.336 e. The highest BCUT2D eigenvalue weighted by Crippen LogP contribution is 2.33. The molecule has 124 valence electrons. The van der Waals surface area contributed by atoms with Gasteiger partial charge in [-0.25, -0.2) is 4.79 Å². The summed E-state index contributed by atoms with van der Waals surface area (Å²) >= 11 is 0. The number of allylic oxidation sites excluding steroid dienone is 3. The molecule has 1 N–H and O–H groups in total. The van der Waals surface area contributed by atoms with Crippen LogP contribution in [0.5, 0.6) is 11.5 Å². The zero-order chi connectivity index (χ0) is 17.6. The Balaban J connectivity index is 2.13. The van der Waals surface area contributed by atoms with Crippen LogP contribution < -0.4 is 4.74 Å². The lowest BCUT2D eigenvalue weighted by molar-refractivity contribution is -0.128. The number of ether oxygens (including phenoxy) is 1. The summed E-state index contributed by atoms with van der Waals surface area (Å²) in [6.07, 6.45) is 6.63. The third-order valence-electron chi connectivity index (χ3n) is 3.92. The number of aromatic hydroxyl groups is 1. The Bertz CT molecular complexity index is 736. The first kappa shape index (κ1) is 17.5. The number of benzene rings is 2. The number of hydrogen-bond donors (Lipinski definition) is 1. The van der Waals surface area contributed by atoms with E-state index in [0.717, 1.165) is 11.1 Å². The average Bonchev–Trinajstić information content (AvgIpc) is 2.56. The Morgan fingerprint density at radius 1 is 0.958 bits per heavy atom. The van der Waals surface area contributed by atoms with E-state index in [0.29, 0.717) is 5.75 Å². The molecule has 0 aliphatic rings. The summed E-state index contributed by atoms with van der Waals surface area (Å²) < 4.78 is 5.26. The summed E-state index contributed by atoms with van der Waals surface area (Å²) in [6, 6.07) is 14.7. The third-order valence-corrected chi connectivity index (χ3v) is 3.92. The highest BCUT2D eigenvalue weighted by atomic mass is 16.5. The fraction of sp³-hybridized carbons (Fsp3) is 0.190. The summed E-state index contributed by atoms with van der Waals surface area (Å²) in [7, 11) is 0. The predicted octanol–water partition coefficient (Wildman–Crippen LogP) is 4.76. The molecule has 0 aromatic heterocycles. The molecule has 0 spiro atoms. The van der Waals surface area contributed by atoms with Crippen molar-refractivity contribution in [2.45, 2.75) is 26.2 Å². The standard InChI is InChI=1S/C21H22O3/c1-4-5-6-7-20(23)24-19-14-10-17(11-15-19)21(2,3)16-8-12-18(22)13-9-16/h4-15,22H,1-3H3. The lowest BCUT2D eigenvalue weighted by atomic mass is 9.78. The van der Waals surface area contributed by atoms with Crippen molar-refractivity contribution in [1.82, 2.24) is 0 Å². The average molecular weight is 322 g/mol. The van der Waals surface area contributed by atoms with Crippen LogP contribution in [-0.4, -0.2) is 11.1 Å². The van der Waals surface area contributed by atoms with Gasteiger partial charge in [-0.3, -0.25) is 0 Å². The number of phenols is 1. The zero-order valence-electron chi connectivity index (χ0n) is 14.2. The van der Waals surface area contributed by atoms with Gasteiger partial charge >= 0.3 is 5.97 Å².